The Bertz CT molecular complexity index is 219. The van der Waals surface area contributed by atoms with E-state index < -0.39 is 0 Å². The van der Waals surface area contributed by atoms with Crippen molar-refractivity contribution >= 4 is 5.91 Å². The normalized spacial score (nSPS) is 25.0. The van der Waals surface area contributed by atoms with Crippen molar-refractivity contribution in [2.75, 3.05) is 27.3 Å². The zero-order valence-electron chi connectivity index (χ0n) is 10.7. The van der Waals surface area contributed by atoms with Crippen molar-refractivity contribution in [3.63, 3.8) is 0 Å². The van der Waals surface area contributed by atoms with E-state index >= 15 is 0 Å². The first-order chi connectivity index (χ1) is 7.65. The van der Waals surface area contributed by atoms with Gasteiger partial charge in [-0.15, -0.1) is 0 Å². The fourth-order valence-corrected chi connectivity index (χ4v) is 2.32. The van der Waals surface area contributed by atoms with Crippen LogP contribution in [0.15, 0.2) is 0 Å². The van der Waals surface area contributed by atoms with E-state index in [0.717, 1.165) is 6.42 Å². The lowest BCUT2D eigenvalue weighted by molar-refractivity contribution is -0.123. The highest BCUT2D eigenvalue weighted by Crippen LogP contribution is 2.22. The van der Waals surface area contributed by atoms with Gasteiger partial charge in [-0.05, 0) is 40.3 Å². The number of amides is 1. The Morgan fingerprint density at radius 1 is 1.44 bits per heavy atom. The second-order valence-corrected chi connectivity index (χ2v) is 4.58. The third kappa shape index (κ3) is 4.10. The minimum absolute atomic E-state index is 0.118. The van der Waals surface area contributed by atoms with Crippen LogP contribution in [0.3, 0.4) is 0 Å². The van der Waals surface area contributed by atoms with Crippen LogP contribution in [0.2, 0.25) is 0 Å². The van der Waals surface area contributed by atoms with Gasteiger partial charge in [0.05, 0.1) is 6.61 Å². The van der Waals surface area contributed by atoms with E-state index in [1.807, 2.05) is 6.92 Å². The maximum Gasteiger partial charge on any atom is 0.222 e. The number of hydrogen-bond donors (Lipinski definition) is 1. The van der Waals surface area contributed by atoms with Gasteiger partial charge in [0, 0.05) is 25.1 Å². The van der Waals surface area contributed by atoms with Gasteiger partial charge in [0.1, 0.15) is 0 Å². The summed E-state index contributed by atoms with van der Waals surface area (Å²) in [6.45, 7) is 3.15. The molecule has 4 heteroatoms. The first-order valence-corrected chi connectivity index (χ1v) is 6.18. The molecular weight excluding hydrogens is 204 g/mol. The smallest absolute Gasteiger partial charge is 0.222 e. The molecule has 1 amide bonds. The fraction of sp³-hybridized carbons (Fsp3) is 0.917. The summed E-state index contributed by atoms with van der Waals surface area (Å²) >= 11 is 0. The van der Waals surface area contributed by atoms with Gasteiger partial charge in [-0.3, -0.25) is 4.79 Å². The second-order valence-electron chi connectivity index (χ2n) is 4.58. The average Bonchev–Trinajstić information content (AvgIpc) is 2.66. The highest BCUT2D eigenvalue weighted by atomic mass is 16.5. The Hall–Kier alpha value is -0.610. The number of rotatable bonds is 6. The number of hydrogen-bond acceptors (Lipinski definition) is 3. The molecule has 1 N–H and O–H groups in total. The lowest BCUT2D eigenvalue weighted by Gasteiger charge is -2.26. The molecule has 1 aliphatic carbocycles. The summed E-state index contributed by atoms with van der Waals surface area (Å²) in [5.41, 5.74) is 0. The van der Waals surface area contributed by atoms with Crippen molar-refractivity contribution in [2.45, 2.75) is 44.7 Å². The van der Waals surface area contributed by atoms with Crippen molar-refractivity contribution in [1.82, 2.24) is 10.2 Å². The lowest BCUT2D eigenvalue weighted by atomic mass is 10.1. The zero-order chi connectivity index (χ0) is 12.0. The first-order valence-electron chi connectivity index (χ1n) is 6.18. The maximum atomic E-state index is 11.6. The Labute approximate surface area is 98.3 Å². The minimum Gasteiger partial charge on any atom is -0.381 e. The van der Waals surface area contributed by atoms with E-state index in [1.54, 1.807) is 0 Å². The Morgan fingerprint density at radius 2 is 2.19 bits per heavy atom. The number of nitrogens with zero attached hydrogens (tertiary/aromatic N) is 1. The molecule has 1 fully saturated rings. The molecule has 4 nitrogen and oxygen atoms in total. The molecule has 0 bridgehead atoms. The van der Waals surface area contributed by atoms with Crippen molar-refractivity contribution in [3.8, 4) is 0 Å². The molecule has 1 aliphatic rings. The maximum absolute atomic E-state index is 11.6. The number of nitrogens with one attached hydrogen (secondary N) is 1. The highest BCUT2D eigenvalue weighted by molar-refractivity contribution is 5.76. The second kappa shape index (κ2) is 6.86. The van der Waals surface area contributed by atoms with Gasteiger partial charge in [-0.2, -0.15) is 0 Å². The SMILES string of the molecule is CCOCCC(=O)N[C@@H]1CCC[C@H]1N(C)C. The van der Waals surface area contributed by atoms with Crippen LogP contribution in [-0.4, -0.2) is 50.2 Å². The van der Waals surface area contributed by atoms with Crippen LogP contribution < -0.4 is 5.32 Å². The molecule has 0 unspecified atom stereocenters. The first kappa shape index (κ1) is 13.5. The molecule has 0 spiro atoms. The van der Waals surface area contributed by atoms with Gasteiger partial charge in [-0.1, -0.05) is 0 Å². The standard InChI is InChI=1S/C12H24N2O2/c1-4-16-9-8-12(15)13-10-6-5-7-11(10)14(2)3/h10-11H,4-9H2,1-3H3,(H,13,15)/t10-,11-/m1/s1. The van der Waals surface area contributed by atoms with E-state index in [4.69, 9.17) is 4.74 Å². The number of likely N-dealkylation sites (N-methyl/N-ethyl adjacent to an activating group) is 1. The summed E-state index contributed by atoms with van der Waals surface area (Å²) in [5, 5.41) is 3.11. The Balaban J connectivity index is 2.27. The molecule has 16 heavy (non-hydrogen) atoms. The topological polar surface area (TPSA) is 41.6 Å². The fourth-order valence-electron chi connectivity index (χ4n) is 2.32. The van der Waals surface area contributed by atoms with Crippen LogP contribution >= 0.6 is 0 Å². The van der Waals surface area contributed by atoms with Crippen LogP contribution in [0.4, 0.5) is 0 Å². The summed E-state index contributed by atoms with van der Waals surface area (Å²) in [4.78, 5) is 13.8. The van der Waals surface area contributed by atoms with Gasteiger partial charge >= 0.3 is 0 Å². The third-order valence-corrected chi connectivity index (χ3v) is 3.17. The Morgan fingerprint density at radius 3 is 2.81 bits per heavy atom. The van der Waals surface area contributed by atoms with E-state index in [9.17, 15) is 4.79 Å². The van der Waals surface area contributed by atoms with Gasteiger partial charge in [0.25, 0.3) is 0 Å². The van der Waals surface area contributed by atoms with Gasteiger partial charge in [0.2, 0.25) is 5.91 Å². The average molecular weight is 228 g/mol. The van der Waals surface area contributed by atoms with Crippen molar-refractivity contribution in [1.29, 1.82) is 0 Å². The summed E-state index contributed by atoms with van der Waals surface area (Å²) in [7, 11) is 4.16. The molecule has 0 heterocycles. The number of ether oxygens (including phenoxy) is 1. The molecule has 1 saturated carbocycles. The molecule has 0 saturated heterocycles. The molecule has 1 rings (SSSR count). The molecule has 0 aromatic heterocycles. The largest absolute Gasteiger partial charge is 0.381 e. The predicted octanol–water partition coefficient (Wildman–Crippen LogP) is 1.01. The van der Waals surface area contributed by atoms with Crippen LogP contribution in [0.5, 0.6) is 0 Å². The van der Waals surface area contributed by atoms with E-state index in [1.165, 1.54) is 12.8 Å². The molecule has 0 radical (unpaired) electrons. The van der Waals surface area contributed by atoms with E-state index in [2.05, 4.69) is 24.3 Å². The molecule has 0 aliphatic heterocycles. The lowest BCUT2D eigenvalue weighted by Crippen LogP contribution is -2.46. The van der Waals surface area contributed by atoms with Crippen LogP contribution in [0, 0.1) is 0 Å². The highest BCUT2D eigenvalue weighted by Gasteiger charge is 2.29. The molecule has 2 atom stereocenters. The summed E-state index contributed by atoms with van der Waals surface area (Å²) in [5.74, 6) is 0.118. The van der Waals surface area contributed by atoms with E-state index in [0.29, 0.717) is 31.7 Å². The molecule has 94 valence electrons. The summed E-state index contributed by atoms with van der Waals surface area (Å²) in [6, 6.07) is 0.820. The molecule has 0 aromatic rings. The van der Waals surface area contributed by atoms with Crippen LogP contribution in [0.1, 0.15) is 32.6 Å². The van der Waals surface area contributed by atoms with Crippen molar-refractivity contribution in [2.24, 2.45) is 0 Å². The van der Waals surface area contributed by atoms with Gasteiger partial charge in [-0.25, -0.2) is 0 Å². The van der Waals surface area contributed by atoms with Crippen molar-refractivity contribution < 1.29 is 9.53 Å². The number of carbonyl (C=O) groups is 1. The summed E-state index contributed by atoms with van der Waals surface area (Å²) < 4.78 is 5.17. The molecular formula is C12H24N2O2. The Kier molecular flexibility index (Phi) is 5.77. The molecule has 0 aromatic carbocycles. The minimum atomic E-state index is 0.118. The van der Waals surface area contributed by atoms with Crippen molar-refractivity contribution in [3.05, 3.63) is 0 Å². The monoisotopic (exact) mass is 228 g/mol. The third-order valence-electron chi connectivity index (χ3n) is 3.17. The van der Waals surface area contributed by atoms with Gasteiger partial charge < -0.3 is 15.0 Å². The number of carbonyl (C=O) groups excluding carboxylic acids is 1. The van der Waals surface area contributed by atoms with Crippen LogP contribution in [0.25, 0.3) is 0 Å². The summed E-state index contributed by atoms with van der Waals surface area (Å²) in [6.07, 6.45) is 3.97. The zero-order valence-corrected chi connectivity index (χ0v) is 10.7. The predicted molar refractivity (Wildman–Crippen MR) is 64.4 cm³/mol. The van der Waals surface area contributed by atoms with E-state index in [-0.39, 0.29) is 5.91 Å². The van der Waals surface area contributed by atoms with Crippen LogP contribution in [-0.2, 0) is 9.53 Å². The van der Waals surface area contributed by atoms with Gasteiger partial charge in [0.15, 0.2) is 0 Å². The quantitative estimate of drug-likeness (QED) is 0.690.